The minimum absolute atomic E-state index is 0.142. The van der Waals surface area contributed by atoms with E-state index in [1.54, 1.807) is 41.1 Å². The van der Waals surface area contributed by atoms with Gasteiger partial charge >= 0.3 is 5.97 Å². The van der Waals surface area contributed by atoms with Gasteiger partial charge in [0.15, 0.2) is 6.61 Å². The summed E-state index contributed by atoms with van der Waals surface area (Å²) < 4.78 is 12.1. The molecule has 0 saturated heterocycles. The molecule has 30 heavy (non-hydrogen) atoms. The number of carbonyl (C=O) groups excluding carboxylic acids is 2. The SMILES string of the molecule is COC(=O)c1ccccc1Cn1nc(C)c(NC(=O)COc2ccc(Cl)cc2)c1C. The van der Waals surface area contributed by atoms with Gasteiger partial charge in [-0.2, -0.15) is 5.10 Å². The summed E-state index contributed by atoms with van der Waals surface area (Å²) in [6, 6.07) is 14.0. The quantitative estimate of drug-likeness (QED) is 0.576. The lowest BCUT2D eigenvalue weighted by atomic mass is 10.1. The van der Waals surface area contributed by atoms with E-state index in [-0.39, 0.29) is 12.5 Å². The van der Waals surface area contributed by atoms with E-state index in [9.17, 15) is 9.59 Å². The summed E-state index contributed by atoms with van der Waals surface area (Å²) >= 11 is 5.84. The molecular weight excluding hydrogens is 406 g/mol. The highest BCUT2D eigenvalue weighted by molar-refractivity contribution is 6.30. The molecule has 0 atom stereocenters. The summed E-state index contributed by atoms with van der Waals surface area (Å²) in [6.45, 7) is 3.90. The first-order chi connectivity index (χ1) is 14.4. The summed E-state index contributed by atoms with van der Waals surface area (Å²) in [5.41, 5.74) is 3.32. The third-order valence-corrected chi connectivity index (χ3v) is 4.82. The average molecular weight is 428 g/mol. The smallest absolute Gasteiger partial charge is 0.338 e. The van der Waals surface area contributed by atoms with Crippen molar-refractivity contribution in [3.63, 3.8) is 0 Å². The van der Waals surface area contributed by atoms with Gasteiger partial charge in [-0.25, -0.2) is 4.79 Å². The van der Waals surface area contributed by atoms with Gasteiger partial charge in [-0.05, 0) is 49.7 Å². The zero-order valence-corrected chi connectivity index (χ0v) is 17.7. The molecule has 7 nitrogen and oxygen atoms in total. The van der Waals surface area contributed by atoms with Crippen LogP contribution in [-0.2, 0) is 16.1 Å². The normalized spacial score (nSPS) is 10.5. The minimum atomic E-state index is -0.403. The van der Waals surface area contributed by atoms with Crippen molar-refractivity contribution >= 4 is 29.2 Å². The van der Waals surface area contributed by atoms with Crippen LogP contribution in [0, 0.1) is 13.8 Å². The van der Waals surface area contributed by atoms with E-state index in [0.717, 1.165) is 11.3 Å². The van der Waals surface area contributed by atoms with E-state index >= 15 is 0 Å². The van der Waals surface area contributed by atoms with Crippen molar-refractivity contribution in [3.8, 4) is 5.75 Å². The van der Waals surface area contributed by atoms with Crippen LogP contribution in [0.25, 0.3) is 0 Å². The molecule has 1 heterocycles. The maximum atomic E-state index is 12.3. The molecule has 1 amide bonds. The van der Waals surface area contributed by atoms with E-state index in [2.05, 4.69) is 10.4 Å². The molecule has 0 spiro atoms. The first-order valence-electron chi connectivity index (χ1n) is 9.27. The lowest BCUT2D eigenvalue weighted by Gasteiger charge is -2.10. The third kappa shape index (κ3) is 4.99. The largest absolute Gasteiger partial charge is 0.484 e. The van der Waals surface area contributed by atoms with Crippen molar-refractivity contribution in [2.45, 2.75) is 20.4 Å². The Morgan fingerprint density at radius 3 is 2.50 bits per heavy atom. The van der Waals surface area contributed by atoms with Gasteiger partial charge in [0.2, 0.25) is 0 Å². The van der Waals surface area contributed by atoms with Crippen molar-refractivity contribution < 1.29 is 19.1 Å². The van der Waals surface area contributed by atoms with Crippen molar-refractivity contribution in [1.82, 2.24) is 9.78 Å². The average Bonchev–Trinajstić information content (AvgIpc) is 3.00. The number of nitrogens with one attached hydrogen (secondary N) is 1. The lowest BCUT2D eigenvalue weighted by molar-refractivity contribution is -0.118. The van der Waals surface area contributed by atoms with Crippen LogP contribution in [0.4, 0.5) is 5.69 Å². The van der Waals surface area contributed by atoms with Gasteiger partial charge in [-0.1, -0.05) is 29.8 Å². The number of halogens is 1. The van der Waals surface area contributed by atoms with Crippen LogP contribution in [0.2, 0.25) is 5.02 Å². The van der Waals surface area contributed by atoms with E-state index in [4.69, 9.17) is 21.1 Å². The fourth-order valence-electron chi connectivity index (χ4n) is 3.02. The molecule has 0 saturated carbocycles. The summed E-state index contributed by atoms with van der Waals surface area (Å²) in [4.78, 5) is 24.4. The molecule has 8 heteroatoms. The summed E-state index contributed by atoms with van der Waals surface area (Å²) in [5, 5.41) is 7.95. The lowest BCUT2D eigenvalue weighted by Crippen LogP contribution is -2.21. The molecule has 1 aromatic heterocycles. The maximum absolute atomic E-state index is 12.3. The number of anilines is 1. The van der Waals surface area contributed by atoms with E-state index < -0.39 is 5.97 Å². The molecule has 0 aliphatic heterocycles. The Morgan fingerprint density at radius 1 is 1.10 bits per heavy atom. The number of ether oxygens (including phenoxy) is 2. The molecule has 0 bridgehead atoms. The number of hydrogen-bond donors (Lipinski definition) is 1. The molecule has 0 fully saturated rings. The second-order valence-electron chi connectivity index (χ2n) is 6.64. The van der Waals surface area contributed by atoms with Crippen LogP contribution in [0.1, 0.15) is 27.3 Å². The predicted molar refractivity (Wildman–Crippen MR) is 114 cm³/mol. The molecule has 1 N–H and O–H groups in total. The summed E-state index contributed by atoms with van der Waals surface area (Å²) in [5.74, 6) is -0.149. The molecule has 3 aromatic rings. The van der Waals surface area contributed by atoms with Crippen LogP contribution in [0.15, 0.2) is 48.5 Å². The van der Waals surface area contributed by atoms with Gasteiger partial charge < -0.3 is 14.8 Å². The number of aryl methyl sites for hydroxylation is 1. The maximum Gasteiger partial charge on any atom is 0.338 e. The van der Waals surface area contributed by atoms with Crippen molar-refractivity contribution in [3.05, 3.63) is 76.1 Å². The van der Waals surface area contributed by atoms with Gasteiger partial charge in [0.05, 0.1) is 36.3 Å². The first-order valence-corrected chi connectivity index (χ1v) is 9.65. The minimum Gasteiger partial charge on any atom is -0.484 e. The van der Waals surface area contributed by atoms with E-state index in [1.165, 1.54) is 7.11 Å². The van der Waals surface area contributed by atoms with Crippen LogP contribution < -0.4 is 10.1 Å². The second kappa shape index (κ2) is 9.45. The van der Waals surface area contributed by atoms with Crippen molar-refractivity contribution in [2.75, 3.05) is 19.0 Å². The Kier molecular flexibility index (Phi) is 6.74. The second-order valence-corrected chi connectivity index (χ2v) is 7.08. The number of amides is 1. The number of benzene rings is 2. The Balaban J connectivity index is 1.70. The number of carbonyl (C=O) groups is 2. The molecule has 0 radical (unpaired) electrons. The van der Waals surface area contributed by atoms with Crippen LogP contribution in [0.5, 0.6) is 5.75 Å². The zero-order valence-electron chi connectivity index (χ0n) is 16.9. The number of hydrogen-bond acceptors (Lipinski definition) is 5. The summed E-state index contributed by atoms with van der Waals surface area (Å²) in [6.07, 6.45) is 0. The van der Waals surface area contributed by atoms with Gasteiger partial charge in [0.1, 0.15) is 5.75 Å². The van der Waals surface area contributed by atoms with Gasteiger partial charge in [-0.15, -0.1) is 0 Å². The van der Waals surface area contributed by atoms with Gasteiger partial charge in [0.25, 0.3) is 5.91 Å². The Morgan fingerprint density at radius 2 is 1.80 bits per heavy atom. The highest BCUT2D eigenvalue weighted by Gasteiger charge is 2.17. The predicted octanol–water partition coefficient (Wildman–Crippen LogP) is 4.01. The molecule has 0 aliphatic carbocycles. The van der Waals surface area contributed by atoms with E-state index in [0.29, 0.717) is 34.3 Å². The standard InChI is InChI=1S/C22H22ClN3O4/c1-14-21(24-20(27)13-30-18-10-8-17(23)9-11-18)15(2)26(25-14)12-16-6-4-5-7-19(16)22(28)29-3/h4-11H,12-13H2,1-3H3,(H,24,27). The highest BCUT2D eigenvalue weighted by atomic mass is 35.5. The number of methoxy groups -OCH3 is 1. The number of aromatic nitrogens is 2. The van der Waals surface area contributed by atoms with Crippen molar-refractivity contribution in [1.29, 1.82) is 0 Å². The number of nitrogens with zero attached hydrogens (tertiary/aromatic N) is 2. The Labute approximate surface area is 179 Å². The zero-order chi connectivity index (χ0) is 21.7. The molecule has 2 aromatic carbocycles. The fourth-order valence-corrected chi connectivity index (χ4v) is 3.14. The molecule has 3 rings (SSSR count). The van der Waals surface area contributed by atoms with Crippen LogP contribution >= 0.6 is 11.6 Å². The molecule has 0 unspecified atom stereocenters. The Hall–Kier alpha value is -3.32. The first kappa shape index (κ1) is 21.4. The Bertz CT molecular complexity index is 1060. The number of rotatable bonds is 7. The molecular formula is C22H22ClN3O4. The van der Waals surface area contributed by atoms with E-state index in [1.807, 2.05) is 26.0 Å². The van der Waals surface area contributed by atoms with Gasteiger partial charge in [0, 0.05) is 5.02 Å². The van der Waals surface area contributed by atoms with Crippen molar-refractivity contribution in [2.24, 2.45) is 0 Å². The summed E-state index contributed by atoms with van der Waals surface area (Å²) in [7, 11) is 1.35. The van der Waals surface area contributed by atoms with Crippen LogP contribution in [0.3, 0.4) is 0 Å². The fraction of sp³-hybridized carbons (Fsp3) is 0.227. The van der Waals surface area contributed by atoms with Crippen LogP contribution in [-0.4, -0.2) is 35.4 Å². The third-order valence-electron chi connectivity index (χ3n) is 4.57. The molecule has 156 valence electrons. The van der Waals surface area contributed by atoms with Gasteiger partial charge in [-0.3, -0.25) is 9.48 Å². The highest BCUT2D eigenvalue weighted by Crippen LogP contribution is 2.22. The molecule has 0 aliphatic rings. The monoisotopic (exact) mass is 427 g/mol. The number of esters is 1. The topological polar surface area (TPSA) is 82.5 Å².